The van der Waals surface area contributed by atoms with Crippen LogP contribution in [-0.2, 0) is 0 Å². The zero-order valence-electron chi connectivity index (χ0n) is 13.7. The van der Waals surface area contributed by atoms with Crippen molar-refractivity contribution in [3.63, 3.8) is 0 Å². The molecule has 0 aliphatic carbocycles. The zero-order chi connectivity index (χ0) is 14.6. The van der Waals surface area contributed by atoms with Crippen molar-refractivity contribution in [1.29, 1.82) is 0 Å². The average Bonchev–Trinajstić information content (AvgIpc) is 2.90. The molecule has 0 amide bonds. The van der Waals surface area contributed by atoms with Crippen molar-refractivity contribution in [2.75, 3.05) is 44.4 Å². The minimum absolute atomic E-state index is 0. The monoisotopic (exact) mass is 403 g/mol. The van der Waals surface area contributed by atoms with E-state index < -0.39 is 0 Å². The fourth-order valence-corrected chi connectivity index (χ4v) is 3.18. The van der Waals surface area contributed by atoms with Gasteiger partial charge in [-0.3, -0.25) is 0 Å². The normalized spacial score (nSPS) is 18.6. The van der Waals surface area contributed by atoms with Gasteiger partial charge in [-0.1, -0.05) is 13.3 Å². The molecule has 3 nitrogen and oxygen atoms in total. The minimum Gasteiger partial charge on any atom is -1.00 e. The number of hydrogen-bond acceptors (Lipinski definition) is 2. The molecular weight excluding hydrogens is 373 g/mol. The van der Waals surface area contributed by atoms with Crippen LogP contribution in [0.3, 0.4) is 0 Å². The second kappa shape index (κ2) is 8.22. The maximum Gasteiger partial charge on any atom is 0.108 e. The van der Waals surface area contributed by atoms with Gasteiger partial charge in [0.15, 0.2) is 0 Å². The van der Waals surface area contributed by atoms with Crippen LogP contribution in [0.5, 0.6) is 0 Å². The summed E-state index contributed by atoms with van der Waals surface area (Å²) in [5.74, 6) is 0. The fourth-order valence-electron chi connectivity index (χ4n) is 3.18. The molecule has 0 aromatic heterocycles. The van der Waals surface area contributed by atoms with Crippen molar-refractivity contribution in [1.82, 2.24) is 0 Å². The minimum atomic E-state index is 0. The quantitative estimate of drug-likeness (QED) is 0.317. The van der Waals surface area contributed by atoms with Gasteiger partial charge in [0, 0.05) is 24.3 Å². The third-order valence-electron chi connectivity index (χ3n) is 4.75. The number of quaternary nitrogens is 1. The number of anilines is 2. The Morgan fingerprint density at radius 3 is 2.48 bits per heavy atom. The van der Waals surface area contributed by atoms with Crippen molar-refractivity contribution in [3.05, 3.63) is 24.3 Å². The number of nitrogen functional groups attached to an aromatic ring is 1. The zero-order valence-corrected chi connectivity index (χ0v) is 15.8. The summed E-state index contributed by atoms with van der Waals surface area (Å²) in [5, 5.41) is 0. The molecule has 1 aliphatic rings. The highest BCUT2D eigenvalue weighted by molar-refractivity contribution is 5.53. The van der Waals surface area contributed by atoms with Crippen molar-refractivity contribution in [2.24, 2.45) is 0 Å². The van der Waals surface area contributed by atoms with Crippen molar-refractivity contribution >= 4 is 11.4 Å². The van der Waals surface area contributed by atoms with Crippen molar-refractivity contribution in [2.45, 2.75) is 38.6 Å². The van der Waals surface area contributed by atoms with Crippen LogP contribution in [0, 0.1) is 0 Å². The molecule has 1 aliphatic heterocycles. The second-order valence-electron chi connectivity index (χ2n) is 6.69. The van der Waals surface area contributed by atoms with Gasteiger partial charge in [-0.25, -0.2) is 0 Å². The molecule has 1 heterocycles. The van der Waals surface area contributed by atoms with Gasteiger partial charge in [0.1, 0.15) is 6.04 Å². The predicted molar refractivity (Wildman–Crippen MR) is 88.0 cm³/mol. The molecule has 1 unspecified atom stereocenters. The lowest BCUT2D eigenvalue weighted by Gasteiger charge is -2.36. The molecule has 2 N–H and O–H groups in total. The summed E-state index contributed by atoms with van der Waals surface area (Å²) < 4.78 is 1.16. The Morgan fingerprint density at radius 1 is 1.19 bits per heavy atom. The van der Waals surface area contributed by atoms with Crippen LogP contribution < -0.4 is 34.6 Å². The number of nitrogens with two attached hydrogens (primary N) is 1. The van der Waals surface area contributed by atoms with E-state index in [1.54, 1.807) is 0 Å². The van der Waals surface area contributed by atoms with Gasteiger partial charge in [0.25, 0.3) is 0 Å². The Hall–Kier alpha value is -0.490. The Labute approximate surface area is 147 Å². The molecule has 0 radical (unpaired) electrons. The molecule has 1 aromatic carbocycles. The molecule has 21 heavy (non-hydrogen) atoms. The molecule has 120 valence electrons. The van der Waals surface area contributed by atoms with E-state index in [-0.39, 0.29) is 24.0 Å². The van der Waals surface area contributed by atoms with E-state index in [4.69, 9.17) is 5.73 Å². The number of likely N-dealkylation sites (N-methyl/N-ethyl adjacent to an activating group) is 1. The van der Waals surface area contributed by atoms with E-state index in [2.05, 4.69) is 38.1 Å². The van der Waals surface area contributed by atoms with Crippen molar-refractivity contribution in [3.8, 4) is 0 Å². The van der Waals surface area contributed by atoms with Gasteiger partial charge in [0.2, 0.25) is 0 Å². The first kappa shape index (κ1) is 18.6. The number of hydrogen-bond donors (Lipinski definition) is 1. The van der Waals surface area contributed by atoms with Gasteiger partial charge in [0.05, 0.1) is 27.2 Å². The standard InChI is InChI=1S/C17H30N3.HI/c1-4-5-6-13-20(2,3)17-11-12-19(14-17)16-9-7-15(18)8-10-16;/h7-10,17H,4-6,11-14,18H2,1-3H3;1H/q+1;/p-1. The second-order valence-corrected chi connectivity index (χ2v) is 6.69. The molecule has 1 atom stereocenters. The molecule has 4 heteroatoms. The summed E-state index contributed by atoms with van der Waals surface area (Å²) in [6.45, 7) is 5.92. The fraction of sp³-hybridized carbons (Fsp3) is 0.647. The molecule has 0 saturated carbocycles. The highest BCUT2D eigenvalue weighted by atomic mass is 127. The van der Waals surface area contributed by atoms with Crippen LogP contribution in [0.25, 0.3) is 0 Å². The lowest BCUT2D eigenvalue weighted by molar-refractivity contribution is -0.912. The van der Waals surface area contributed by atoms with Crippen LogP contribution in [0.1, 0.15) is 32.6 Å². The molecule has 1 aromatic rings. The highest BCUT2D eigenvalue weighted by Gasteiger charge is 2.34. The van der Waals surface area contributed by atoms with Gasteiger partial charge >= 0.3 is 0 Å². The van der Waals surface area contributed by atoms with E-state index in [9.17, 15) is 0 Å². The summed E-state index contributed by atoms with van der Waals surface area (Å²) in [7, 11) is 4.79. The van der Waals surface area contributed by atoms with Gasteiger partial charge in [-0.2, -0.15) is 0 Å². The predicted octanol–water partition coefficient (Wildman–Crippen LogP) is 0.118. The third kappa shape index (κ3) is 5.02. The lowest BCUT2D eigenvalue weighted by atomic mass is 10.1. The van der Waals surface area contributed by atoms with Gasteiger partial charge < -0.3 is 39.1 Å². The molecular formula is C17H30IN3. The molecule has 0 bridgehead atoms. The van der Waals surface area contributed by atoms with Crippen LogP contribution in [0.2, 0.25) is 0 Å². The van der Waals surface area contributed by atoms with E-state index in [1.165, 1.54) is 51.0 Å². The number of nitrogens with zero attached hydrogens (tertiary/aromatic N) is 2. The van der Waals surface area contributed by atoms with E-state index in [0.717, 1.165) is 16.2 Å². The first-order valence-electron chi connectivity index (χ1n) is 7.96. The third-order valence-corrected chi connectivity index (χ3v) is 4.75. The maximum atomic E-state index is 5.77. The topological polar surface area (TPSA) is 29.3 Å². The summed E-state index contributed by atoms with van der Waals surface area (Å²) in [6.07, 6.45) is 5.31. The summed E-state index contributed by atoms with van der Waals surface area (Å²) >= 11 is 0. The summed E-state index contributed by atoms with van der Waals surface area (Å²) in [5.41, 5.74) is 7.93. The van der Waals surface area contributed by atoms with E-state index in [0.29, 0.717) is 0 Å². The molecule has 1 fully saturated rings. The van der Waals surface area contributed by atoms with Crippen LogP contribution in [-0.4, -0.2) is 44.3 Å². The molecule has 1 saturated heterocycles. The largest absolute Gasteiger partial charge is 1.00 e. The summed E-state index contributed by atoms with van der Waals surface area (Å²) in [4.78, 5) is 2.50. The van der Waals surface area contributed by atoms with E-state index in [1.807, 2.05) is 12.1 Å². The number of rotatable bonds is 6. The number of benzene rings is 1. The van der Waals surface area contributed by atoms with E-state index >= 15 is 0 Å². The SMILES string of the molecule is CCCCC[N+](C)(C)C1CCN(c2ccc(N)cc2)C1.[I-]. The number of halogens is 1. The summed E-state index contributed by atoms with van der Waals surface area (Å²) in [6, 6.07) is 9.06. The Balaban J connectivity index is 0.00000220. The smallest absolute Gasteiger partial charge is 0.108 e. The highest BCUT2D eigenvalue weighted by Crippen LogP contribution is 2.26. The van der Waals surface area contributed by atoms with Gasteiger partial charge in [-0.15, -0.1) is 0 Å². The first-order chi connectivity index (χ1) is 9.53. The van der Waals surface area contributed by atoms with Crippen LogP contribution in [0.15, 0.2) is 24.3 Å². The first-order valence-corrected chi connectivity index (χ1v) is 7.96. The Bertz CT molecular complexity index is 417. The maximum absolute atomic E-state index is 5.77. The Kier molecular flexibility index (Phi) is 7.27. The average molecular weight is 403 g/mol. The van der Waals surface area contributed by atoms with Crippen LogP contribution in [0.4, 0.5) is 11.4 Å². The van der Waals surface area contributed by atoms with Gasteiger partial charge in [-0.05, 0) is 37.1 Å². The lowest BCUT2D eigenvalue weighted by Crippen LogP contribution is -3.00. The van der Waals surface area contributed by atoms with Crippen molar-refractivity contribution < 1.29 is 28.5 Å². The molecule has 0 spiro atoms. The number of unbranched alkanes of at least 4 members (excludes halogenated alkanes) is 2. The Morgan fingerprint density at radius 2 is 1.86 bits per heavy atom. The van der Waals surface area contributed by atoms with Crippen LogP contribution >= 0.6 is 0 Å². The molecule has 2 rings (SSSR count).